The molecule has 1 N–H and O–H groups in total. The van der Waals surface area contributed by atoms with Crippen LogP contribution in [0.3, 0.4) is 0 Å². The Morgan fingerprint density at radius 1 is 1.32 bits per heavy atom. The van der Waals surface area contributed by atoms with E-state index in [0.717, 1.165) is 12.3 Å². The fourth-order valence-corrected chi connectivity index (χ4v) is 4.80. The van der Waals surface area contributed by atoms with E-state index in [9.17, 15) is 4.79 Å². The standard InChI is InChI=1S/C16H18N2O2S2/c1-11-7-8-14(22-11)15-18(9-10-21-15)16(19)17-12-5-3-4-6-13(12)20-2/h3-8,15H,9-10H2,1-2H3,(H,17,19)/t15-/m0/s1. The van der Waals surface area contributed by atoms with Crippen molar-refractivity contribution in [1.82, 2.24) is 4.90 Å². The summed E-state index contributed by atoms with van der Waals surface area (Å²) >= 11 is 3.56. The molecular weight excluding hydrogens is 316 g/mol. The van der Waals surface area contributed by atoms with Crippen LogP contribution in [0, 0.1) is 6.92 Å². The van der Waals surface area contributed by atoms with Crippen LogP contribution in [0.1, 0.15) is 15.1 Å². The van der Waals surface area contributed by atoms with Crippen LogP contribution in [0.5, 0.6) is 5.75 Å². The predicted molar refractivity (Wildman–Crippen MR) is 93.0 cm³/mol. The van der Waals surface area contributed by atoms with Crippen molar-refractivity contribution in [3.63, 3.8) is 0 Å². The van der Waals surface area contributed by atoms with E-state index in [2.05, 4.69) is 24.4 Å². The molecule has 2 amide bonds. The molecule has 1 fully saturated rings. The van der Waals surface area contributed by atoms with Crippen LogP contribution in [-0.2, 0) is 0 Å². The second-order valence-corrected chi connectivity index (χ2v) is 7.50. The topological polar surface area (TPSA) is 41.6 Å². The Hall–Kier alpha value is -1.66. The van der Waals surface area contributed by atoms with Crippen molar-refractivity contribution in [2.45, 2.75) is 12.3 Å². The van der Waals surface area contributed by atoms with Gasteiger partial charge in [0, 0.05) is 22.1 Å². The SMILES string of the molecule is COc1ccccc1NC(=O)N1CCS[C@H]1c1ccc(C)s1. The number of methoxy groups -OCH3 is 1. The highest BCUT2D eigenvalue weighted by atomic mass is 32.2. The van der Waals surface area contributed by atoms with E-state index in [1.807, 2.05) is 40.9 Å². The molecule has 1 atom stereocenters. The first-order valence-electron chi connectivity index (χ1n) is 7.07. The van der Waals surface area contributed by atoms with Gasteiger partial charge in [-0.15, -0.1) is 23.1 Å². The highest BCUT2D eigenvalue weighted by Crippen LogP contribution is 2.41. The largest absolute Gasteiger partial charge is 0.495 e. The molecule has 0 radical (unpaired) electrons. The van der Waals surface area contributed by atoms with E-state index >= 15 is 0 Å². The maximum absolute atomic E-state index is 12.6. The predicted octanol–water partition coefficient (Wildman–Crippen LogP) is 4.34. The summed E-state index contributed by atoms with van der Waals surface area (Å²) in [6.07, 6.45) is 0. The summed E-state index contributed by atoms with van der Waals surface area (Å²) in [6.45, 7) is 2.85. The lowest BCUT2D eigenvalue weighted by molar-refractivity contribution is 0.214. The molecule has 1 aliphatic heterocycles. The van der Waals surface area contributed by atoms with Crippen molar-refractivity contribution in [3.05, 3.63) is 46.2 Å². The van der Waals surface area contributed by atoms with E-state index in [-0.39, 0.29) is 11.4 Å². The summed E-state index contributed by atoms with van der Waals surface area (Å²) in [4.78, 5) is 17.0. The van der Waals surface area contributed by atoms with Crippen LogP contribution >= 0.6 is 23.1 Å². The number of carbonyl (C=O) groups is 1. The normalized spacial score (nSPS) is 17.5. The Morgan fingerprint density at radius 2 is 2.14 bits per heavy atom. The number of hydrogen-bond acceptors (Lipinski definition) is 4. The number of anilines is 1. The zero-order valence-corrected chi connectivity index (χ0v) is 14.2. The van der Waals surface area contributed by atoms with Gasteiger partial charge in [-0.25, -0.2) is 4.79 Å². The Balaban J connectivity index is 1.76. The molecular formula is C16H18N2O2S2. The molecule has 2 aromatic rings. The minimum Gasteiger partial charge on any atom is -0.495 e. The molecule has 1 aromatic carbocycles. The van der Waals surface area contributed by atoms with Crippen molar-refractivity contribution in [1.29, 1.82) is 0 Å². The maximum Gasteiger partial charge on any atom is 0.323 e. The second-order valence-electron chi connectivity index (χ2n) is 5.00. The molecule has 1 saturated heterocycles. The Morgan fingerprint density at radius 3 is 2.86 bits per heavy atom. The molecule has 3 rings (SSSR count). The lowest BCUT2D eigenvalue weighted by Crippen LogP contribution is -2.34. The van der Waals surface area contributed by atoms with Gasteiger partial charge in [-0.05, 0) is 31.2 Å². The van der Waals surface area contributed by atoms with Crippen LogP contribution in [0.4, 0.5) is 10.5 Å². The van der Waals surface area contributed by atoms with Crippen molar-refractivity contribution < 1.29 is 9.53 Å². The van der Waals surface area contributed by atoms with Gasteiger partial charge in [0.15, 0.2) is 0 Å². The molecule has 1 aliphatic rings. The Labute approximate surface area is 138 Å². The van der Waals surface area contributed by atoms with Crippen molar-refractivity contribution in [2.75, 3.05) is 24.7 Å². The Bertz CT molecular complexity index is 672. The van der Waals surface area contributed by atoms with Gasteiger partial charge >= 0.3 is 6.03 Å². The molecule has 0 aliphatic carbocycles. The van der Waals surface area contributed by atoms with E-state index in [1.54, 1.807) is 18.4 Å². The van der Waals surface area contributed by atoms with Gasteiger partial charge in [-0.2, -0.15) is 0 Å². The maximum atomic E-state index is 12.6. The second kappa shape index (κ2) is 6.62. The first kappa shape index (κ1) is 15.2. The number of carbonyl (C=O) groups excluding carboxylic acids is 1. The van der Waals surface area contributed by atoms with E-state index < -0.39 is 0 Å². The fourth-order valence-electron chi connectivity index (χ4n) is 2.43. The third kappa shape index (κ3) is 3.08. The molecule has 116 valence electrons. The summed E-state index contributed by atoms with van der Waals surface area (Å²) in [6, 6.07) is 11.6. The van der Waals surface area contributed by atoms with Gasteiger partial charge in [0.1, 0.15) is 11.1 Å². The number of thioether (sulfide) groups is 1. The number of benzene rings is 1. The number of nitrogens with one attached hydrogen (secondary N) is 1. The highest BCUT2D eigenvalue weighted by Gasteiger charge is 2.31. The summed E-state index contributed by atoms with van der Waals surface area (Å²) in [5.41, 5.74) is 0.702. The molecule has 0 unspecified atom stereocenters. The quantitative estimate of drug-likeness (QED) is 0.907. The van der Waals surface area contributed by atoms with Crippen LogP contribution in [0.2, 0.25) is 0 Å². The molecule has 0 bridgehead atoms. The van der Waals surface area contributed by atoms with Crippen molar-refractivity contribution in [2.24, 2.45) is 0 Å². The first-order valence-corrected chi connectivity index (χ1v) is 8.94. The van der Waals surface area contributed by atoms with Crippen LogP contribution in [0.25, 0.3) is 0 Å². The van der Waals surface area contributed by atoms with Crippen molar-refractivity contribution >= 4 is 34.8 Å². The fraction of sp³-hybridized carbons (Fsp3) is 0.312. The zero-order valence-electron chi connectivity index (χ0n) is 12.5. The van der Waals surface area contributed by atoms with Gasteiger partial charge in [0.25, 0.3) is 0 Å². The van der Waals surface area contributed by atoms with E-state index in [1.165, 1.54) is 9.75 Å². The molecule has 4 nitrogen and oxygen atoms in total. The van der Waals surface area contributed by atoms with Crippen molar-refractivity contribution in [3.8, 4) is 5.75 Å². The number of aryl methyl sites for hydroxylation is 1. The molecule has 22 heavy (non-hydrogen) atoms. The minimum atomic E-state index is -0.0782. The molecule has 6 heteroatoms. The number of ether oxygens (including phenoxy) is 1. The smallest absolute Gasteiger partial charge is 0.323 e. The molecule has 0 spiro atoms. The Kier molecular flexibility index (Phi) is 4.59. The number of urea groups is 1. The number of nitrogens with zero attached hydrogens (tertiary/aromatic N) is 1. The number of para-hydroxylation sites is 2. The third-order valence-corrected chi connectivity index (χ3v) is 5.95. The van der Waals surface area contributed by atoms with Gasteiger partial charge in [-0.1, -0.05) is 12.1 Å². The number of thiophene rings is 1. The summed E-state index contributed by atoms with van der Waals surface area (Å²) in [5, 5.41) is 3.07. The lowest BCUT2D eigenvalue weighted by atomic mass is 10.3. The molecule has 1 aromatic heterocycles. The average Bonchev–Trinajstić information content (AvgIpc) is 3.16. The first-order chi connectivity index (χ1) is 10.7. The van der Waals surface area contributed by atoms with Crippen LogP contribution in [-0.4, -0.2) is 30.3 Å². The molecule has 0 saturated carbocycles. The number of amides is 2. The zero-order chi connectivity index (χ0) is 15.5. The third-order valence-electron chi connectivity index (χ3n) is 3.50. The van der Waals surface area contributed by atoms with Crippen LogP contribution in [0.15, 0.2) is 36.4 Å². The van der Waals surface area contributed by atoms with Gasteiger partial charge in [0.05, 0.1) is 12.8 Å². The monoisotopic (exact) mass is 334 g/mol. The lowest BCUT2D eigenvalue weighted by Gasteiger charge is -2.23. The highest BCUT2D eigenvalue weighted by molar-refractivity contribution is 7.99. The summed E-state index contributed by atoms with van der Waals surface area (Å²) in [7, 11) is 1.61. The summed E-state index contributed by atoms with van der Waals surface area (Å²) < 4.78 is 5.29. The molecule has 2 heterocycles. The average molecular weight is 334 g/mol. The van der Waals surface area contributed by atoms with E-state index in [0.29, 0.717) is 11.4 Å². The number of hydrogen-bond donors (Lipinski definition) is 1. The van der Waals surface area contributed by atoms with Gasteiger partial charge in [0.2, 0.25) is 0 Å². The summed E-state index contributed by atoms with van der Waals surface area (Å²) in [5.74, 6) is 1.63. The van der Waals surface area contributed by atoms with Gasteiger partial charge < -0.3 is 15.0 Å². The van der Waals surface area contributed by atoms with Gasteiger partial charge in [-0.3, -0.25) is 0 Å². The number of rotatable bonds is 3. The van der Waals surface area contributed by atoms with E-state index in [4.69, 9.17) is 4.74 Å². The van der Waals surface area contributed by atoms with Crippen LogP contribution < -0.4 is 10.1 Å². The minimum absolute atomic E-state index is 0.0782.